The first-order valence-electron chi connectivity index (χ1n) is 7.57. The summed E-state index contributed by atoms with van der Waals surface area (Å²) in [5.41, 5.74) is -3.16. The van der Waals surface area contributed by atoms with Gasteiger partial charge in [-0.2, -0.15) is 23.3 Å². The van der Waals surface area contributed by atoms with E-state index in [0.29, 0.717) is 18.6 Å². The standard InChI is InChI=1S/C16H19F3N2O3/c1-3-4-5-12-10-15(23,16(17,18)19)21(20-12)14(22)11-6-8-13(24-2)9-7-11/h6-9,23H,3-5,10H2,1-2H3. The number of rotatable bonds is 5. The maximum absolute atomic E-state index is 13.3. The Balaban J connectivity index is 2.33. The number of carbonyl (C=O) groups is 1. The summed E-state index contributed by atoms with van der Waals surface area (Å²) < 4.78 is 45.0. The van der Waals surface area contributed by atoms with Crippen LogP contribution in [0.15, 0.2) is 29.4 Å². The fourth-order valence-corrected chi connectivity index (χ4v) is 2.43. The van der Waals surface area contributed by atoms with Gasteiger partial charge < -0.3 is 9.84 Å². The summed E-state index contributed by atoms with van der Waals surface area (Å²) in [6.07, 6.45) is -4.01. The Labute approximate surface area is 137 Å². The highest BCUT2D eigenvalue weighted by atomic mass is 19.4. The van der Waals surface area contributed by atoms with Gasteiger partial charge in [-0.05, 0) is 37.1 Å². The number of carbonyl (C=O) groups excluding carboxylic acids is 1. The summed E-state index contributed by atoms with van der Waals surface area (Å²) in [7, 11) is 1.43. The summed E-state index contributed by atoms with van der Waals surface area (Å²) in [5, 5.41) is 14.0. The molecule has 0 aromatic heterocycles. The molecule has 1 amide bonds. The quantitative estimate of drug-likeness (QED) is 0.891. The molecule has 132 valence electrons. The minimum absolute atomic E-state index is 0.0148. The number of ether oxygens (including phenoxy) is 1. The Morgan fingerprint density at radius 2 is 2.00 bits per heavy atom. The highest BCUT2D eigenvalue weighted by Crippen LogP contribution is 2.41. The van der Waals surface area contributed by atoms with Crippen LogP contribution in [-0.4, -0.2) is 40.7 Å². The highest BCUT2D eigenvalue weighted by Gasteiger charge is 2.63. The normalized spacial score (nSPS) is 20.9. The average molecular weight is 344 g/mol. The van der Waals surface area contributed by atoms with Crippen LogP contribution < -0.4 is 4.74 Å². The molecule has 2 rings (SSSR count). The van der Waals surface area contributed by atoms with Crippen LogP contribution in [0.4, 0.5) is 13.2 Å². The second kappa shape index (κ2) is 6.80. The van der Waals surface area contributed by atoms with Crippen LogP contribution in [-0.2, 0) is 0 Å². The number of amides is 1. The summed E-state index contributed by atoms with van der Waals surface area (Å²) in [6.45, 7) is 1.89. The maximum atomic E-state index is 13.3. The van der Waals surface area contributed by atoms with Crippen LogP contribution in [0.3, 0.4) is 0 Å². The molecule has 0 bridgehead atoms. The van der Waals surface area contributed by atoms with Crippen molar-refractivity contribution in [3.8, 4) is 5.75 Å². The zero-order valence-electron chi connectivity index (χ0n) is 13.4. The summed E-state index contributed by atoms with van der Waals surface area (Å²) in [5.74, 6) is -0.546. The van der Waals surface area contributed by atoms with Crippen LogP contribution in [0.1, 0.15) is 43.0 Å². The molecule has 0 aliphatic carbocycles. The smallest absolute Gasteiger partial charge is 0.438 e. The first kappa shape index (κ1) is 18.3. The Morgan fingerprint density at radius 3 is 2.50 bits per heavy atom. The van der Waals surface area contributed by atoms with Gasteiger partial charge in [-0.15, -0.1) is 0 Å². The van der Waals surface area contributed by atoms with Crippen LogP contribution in [0.2, 0.25) is 0 Å². The Morgan fingerprint density at radius 1 is 1.38 bits per heavy atom. The van der Waals surface area contributed by atoms with Gasteiger partial charge in [-0.3, -0.25) is 4.79 Å². The molecule has 1 aliphatic rings. The van der Waals surface area contributed by atoms with Crippen LogP contribution >= 0.6 is 0 Å². The number of hydrogen-bond donors (Lipinski definition) is 1. The van der Waals surface area contributed by atoms with E-state index in [-0.39, 0.29) is 16.3 Å². The van der Waals surface area contributed by atoms with Gasteiger partial charge in [-0.25, -0.2) is 0 Å². The van der Waals surface area contributed by atoms with Crippen molar-refractivity contribution in [3.05, 3.63) is 29.8 Å². The number of alkyl halides is 3. The molecule has 1 unspecified atom stereocenters. The first-order valence-corrected chi connectivity index (χ1v) is 7.57. The van der Waals surface area contributed by atoms with Crippen molar-refractivity contribution in [3.63, 3.8) is 0 Å². The molecule has 1 aromatic rings. The zero-order chi connectivity index (χ0) is 18.0. The summed E-state index contributed by atoms with van der Waals surface area (Å²) in [4.78, 5) is 12.4. The van der Waals surface area contributed by atoms with Crippen LogP contribution in [0, 0.1) is 0 Å². The minimum Gasteiger partial charge on any atom is -0.497 e. The fourth-order valence-electron chi connectivity index (χ4n) is 2.43. The van der Waals surface area contributed by atoms with Gasteiger partial charge in [0, 0.05) is 17.7 Å². The third-order valence-corrected chi connectivity index (χ3v) is 3.84. The van der Waals surface area contributed by atoms with Gasteiger partial charge in [0.2, 0.25) is 0 Å². The monoisotopic (exact) mass is 344 g/mol. The molecule has 8 heteroatoms. The number of unbranched alkanes of at least 4 members (excludes halogenated alkanes) is 1. The number of halogens is 3. The second-order valence-electron chi connectivity index (χ2n) is 5.61. The van der Waals surface area contributed by atoms with Gasteiger partial charge in [0.15, 0.2) is 0 Å². The molecular formula is C16H19F3N2O3. The third-order valence-electron chi connectivity index (χ3n) is 3.84. The number of hydrogen-bond acceptors (Lipinski definition) is 4. The highest BCUT2D eigenvalue weighted by molar-refractivity contribution is 5.98. The first-order chi connectivity index (χ1) is 11.2. The fraction of sp³-hybridized carbons (Fsp3) is 0.500. The van der Waals surface area contributed by atoms with Crippen molar-refractivity contribution in [2.24, 2.45) is 5.10 Å². The van der Waals surface area contributed by atoms with Crippen LogP contribution in [0.25, 0.3) is 0 Å². The molecule has 1 heterocycles. The molecule has 1 aliphatic heterocycles. The van der Waals surface area contributed by atoms with E-state index >= 15 is 0 Å². The number of aliphatic hydroxyl groups is 1. The Hall–Kier alpha value is -2.09. The lowest BCUT2D eigenvalue weighted by atomic mass is 10.0. The van der Waals surface area contributed by atoms with Gasteiger partial charge >= 0.3 is 6.18 Å². The Bertz CT molecular complexity index is 628. The van der Waals surface area contributed by atoms with E-state index < -0.39 is 24.2 Å². The van der Waals surface area contributed by atoms with E-state index in [9.17, 15) is 23.1 Å². The van der Waals surface area contributed by atoms with Gasteiger partial charge in [0.1, 0.15) is 5.75 Å². The minimum atomic E-state index is -5.01. The van der Waals surface area contributed by atoms with E-state index in [0.717, 1.165) is 6.42 Å². The van der Waals surface area contributed by atoms with E-state index in [1.54, 1.807) is 0 Å². The summed E-state index contributed by atoms with van der Waals surface area (Å²) in [6, 6.07) is 5.57. The number of nitrogens with zero attached hydrogens (tertiary/aromatic N) is 2. The lowest BCUT2D eigenvalue weighted by Crippen LogP contribution is -2.56. The predicted octanol–water partition coefficient (Wildman–Crippen LogP) is 3.34. The van der Waals surface area contributed by atoms with Crippen molar-refractivity contribution in [2.75, 3.05) is 7.11 Å². The number of methoxy groups -OCH3 is 1. The van der Waals surface area contributed by atoms with E-state index in [1.807, 2.05) is 6.92 Å². The molecule has 1 aromatic carbocycles. The number of hydrazone groups is 1. The van der Waals surface area contributed by atoms with Gasteiger partial charge in [0.05, 0.1) is 7.11 Å². The van der Waals surface area contributed by atoms with E-state index in [2.05, 4.69) is 5.10 Å². The third kappa shape index (κ3) is 3.38. The van der Waals surface area contributed by atoms with Crippen molar-refractivity contribution in [2.45, 2.75) is 44.5 Å². The van der Waals surface area contributed by atoms with Crippen molar-refractivity contribution >= 4 is 11.6 Å². The molecular weight excluding hydrogens is 325 g/mol. The van der Waals surface area contributed by atoms with Crippen molar-refractivity contribution < 1.29 is 27.8 Å². The van der Waals surface area contributed by atoms with Crippen LogP contribution in [0.5, 0.6) is 5.75 Å². The molecule has 0 fully saturated rings. The zero-order valence-corrected chi connectivity index (χ0v) is 13.4. The molecule has 5 nitrogen and oxygen atoms in total. The molecule has 0 spiro atoms. The van der Waals surface area contributed by atoms with E-state index in [4.69, 9.17) is 4.74 Å². The topological polar surface area (TPSA) is 62.1 Å². The second-order valence-corrected chi connectivity index (χ2v) is 5.61. The molecule has 24 heavy (non-hydrogen) atoms. The Kier molecular flexibility index (Phi) is 5.17. The van der Waals surface area contributed by atoms with Crippen molar-refractivity contribution in [1.29, 1.82) is 0 Å². The lowest BCUT2D eigenvalue weighted by Gasteiger charge is -2.32. The molecule has 0 radical (unpaired) electrons. The van der Waals surface area contributed by atoms with Gasteiger partial charge in [0.25, 0.3) is 11.6 Å². The summed E-state index contributed by atoms with van der Waals surface area (Å²) >= 11 is 0. The SMILES string of the molecule is CCCCC1=NN(C(=O)c2ccc(OC)cc2)C(O)(C(F)(F)F)C1. The number of benzene rings is 1. The van der Waals surface area contributed by atoms with E-state index in [1.165, 1.54) is 31.4 Å². The maximum Gasteiger partial charge on any atom is 0.438 e. The predicted molar refractivity (Wildman–Crippen MR) is 81.7 cm³/mol. The molecule has 0 saturated heterocycles. The average Bonchev–Trinajstić information content (AvgIpc) is 2.90. The molecule has 1 atom stereocenters. The largest absolute Gasteiger partial charge is 0.497 e. The molecule has 0 saturated carbocycles. The van der Waals surface area contributed by atoms with Gasteiger partial charge in [-0.1, -0.05) is 13.3 Å². The lowest BCUT2D eigenvalue weighted by molar-refractivity contribution is -0.297. The molecule has 1 N–H and O–H groups in total. The van der Waals surface area contributed by atoms with Crippen molar-refractivity contribution in [1.82, 2.24) is 5.01 Å².